The number of para-hydroxylation sites is 3. The summed E-state index contributed by atoms with van der Waals surface area (Å²) in [5.41, 5.74) is 20.2. The fourth-order valence-corrected chi connectivity index (χ4v) is 11.4. The van der Waals surface area contributed by atoms with E-state index in [1.54, 1.807) is 0 Å². The molecule has 0 saturated heterocycles. The molecule has 0 saturated carbocycles. The first-order chi connectivity index (χ1) is 33.6. The molecule has 2 nitrogen and oxygen atoms in total. The number of fused-ring (bicyclic) bond motifs is 7. The van der Waals surface area contributed by atoms with Crippen LogP contribution in [0.5, 0.6) is 0 Å². The highest BCUT2D eigenvalue weighted by Crippen LogP contribution is 2.54. The van der Waals surface area contributed by atoms with Gasteiger partial charge in [0.25, 0.3) is 0 Å². The second kappa shape index (κ2) is 16.0. The maximum absolute atomic E-state index is 2.49. The summed E-state index contributed by atoms with van der Waals surface area (Å²) in [6, 6.07) is 95.8. The molecule has 68 heavy (non-hydrogen) atoms. The summed E-state index contributed by atoms with van der Waals surface area (Å²) in [7, 11) is 0. The first-order valence-electron chi connectivity index (χ1n) is 23.6. The lowest BCUT2D eigenvalue weighted by Gasteiger charge is -2.32. The molecule has 1 aliphatic rings. The van der Waals surface area contributed by atoms with Gasteiger partial charge in [-0.3, -0.25) is 0 Å². The van der Waals surface area contributed by atoms with Crippen LogP contribution in [0.2, 0.25) is 0 Å². The highest BCUT2D eigenvalue weighted by atomic mass is 15.1. The molecule has 0 fully saturated rings. The van der Waals surface area contributed by atoms with E-state index in [2.05, 4.69) is 277 Å². The Labute approximate surface area is 397 Å². The van der Waals surface area contributed by atoms with Crippen molar-refractivity contribution in [3.8, 4) is 50.2 Å². The number of aromatic nitrogens is 1. The first kappa shape index (κ1) is 39.6. The zero-order chi connectivity index (χ0) is 45.2. The van der Waals surface area contributed by atoms with Crippen molar-refractivity contribution < 1.29 is 0 Å². The normalized spacial score (nSPS) is 14.0. The van der Waals surface area contributed by atoms with E-state index < -0.39 is 0 Å². The van der Waals surface area contributed by atoms with Crippen LogP contribution in [0.25, 0.3) is 82.8 Å². The standard InChI is InChI=1S/C66H46N2/c1-66(48-24-7-3-8-25-48)59-34-14-11-28-54(59)55-43-42-51(44-60(55)66)67(61-35-15-12-29-56(61)57-33-18-23-47-22-17-31-52(64(47)57)45-20-5-2-6-21-45)50-40-38-46(39-41-50)53-32-19-37-63-65(53)58-30-13-16-36-62(58)68(63)49-26-9-4-10-27-49/h2-44H,1H3. The molecule has 2 heteroatoms. The van der Waals surface area contributed by atoms with Crippen molar-refractivity contribution in [3.63, 3.8) is 0 Å². The van der Waals surface area contributed by atoms with Gasteiger partial charge in [-0.1, -0.05) is 206 Å². The van der Waals surface area contributed by atoms with Gasteiger partial charge < -0.3 is 9.47 Å². The fourth-order valence-electron chi connectivity index (χ4n) is 11.4. The number of hydrogen-bond donors (Lipinski definition) is 0. The number of nitrogens with zero attached hydrogens (tertiary/aromatic N) is 2. The summed E-state index contributed by atoms with van der Waals surface area (Å²) >= 11 is 0. The van der Waals surface area contributed by atoms with Crippen LogP contribution in [-0.4, -0.2) is 4.57 Å². The summed E-state index contributed by atoms with van der Waals surface area (Å²) in [4.78, 5) is 2.49. The molecule has 12 aromatic rings. The van der Waals surface area contributed by atoms with Gasteiger partial charge in [0.1, 0.15) is 0 Å². The van der Waals surface area contributed by atoms with E-state index in [4.69, 9.17) is 0 Å². The number of anilines is 3. The SMILES string of the molecule is CC1(c2ccccc2)c2ccccc2-c2ccc(N(c3ccc(-c4cccc5c4c4ccccc4n5-c4ccccc4)cc3)c3ccccc3-c3cccc4cccc(-c5ccccc5)c34)cc21. The molecule has 1 aromatic heterocycles. The molecule has 1 heterocycles. The van der Waals surface area contributed by atoms with Crippen molar-refractivity contribution in [1.82, 2.24) is 4.57 Å². The van der Waals surface area contributed by atoms with Crippen LogP contribution in [0.1, 0.15) is 23.6 Å². The molecular formula is C66H46N2. The van der Waals surface area contributed by atoms with E-state index >= 15 is 0 Å². The van der Waals surface area contributed by atoms with E-state index in [0.29, 0.717) is 0 Å². The third kappa shape index (κ3) is 6.18. The molecular weight excluding hydrogens is 821 g/mol. The topological polar surface area (TPSA) is 8.17 Å². The highest BCUT2D eigenvalue weighted by molar-refractivity contribution is 6.16. The number of hydrogen-bond acceptors (Lipinski definition) is 1. The van der Waals surface area contributed by atoms with Gasteiger partial charge in [0.15, 0.2) is 0 Å². The van der Waals surface area contributed by atoms with Crippen LogP contribution in [0.3, 0.4) is 0 Å². The van der Waals surface area contributed by atoms with Crippen molar-refractivity contribution in [1.29, 1.82) is 0 Å². The molecule has 0 radical (unpaired) electrons. The number of benzene rings is 11. The summed E-state index contributed by atoms with van der Waals surface area (Å²) in [6.45, 7) is 2.40. The van der Waals surface area contributed by atoms with Crippen LogP contribution < -0.4 is 4.90 Å². The highest BCUT2D eigenvalue weighted by Gasteiger charge is 2.41. The van der Waals surface area contributed by atoms with E-state index in [9.17, 15) is 0 Å². The molecule has 0 spiro atoms. The molecule has 1 aliphatic carbocycles. The van der Waals surface area contributed by atoms with Gasteiger partial charge in [-0.25, -0.2) is 0 Å². The molecule has 1 unspecified atom stereocenters. The molecule has 0 N–H and O–H groups in total. The second-order valence-electron chi connectivity index (χ2n) is 18.1. The largest absolute Gasteiger partial charge is 0.310 e. The summed E-state index contributed by atoms with van der Waals surface area (Å²) in [6.07, 6.45) is 0. The minimum atomic E-state index is -0.351. The predicted octanol–water partition coefficient (Wildman–Crippen LogP) is 17.7. The first-order valence-corrected chi connectivity index (χ1v) is 23.6. The van der Waals surface area contributed by atoms with Crippen LogP contribution in [0.4, 0.5) is 17.1 Å². The lowest BCUT2D eigenvalue weighted by molar-refractivity contribution is 0.714. The van der Waals surface area contributed by atoms with E-state index in [0.717, 1.165) is 22.7 Å². The van der Waals surface area contributed by atoms with E-state index in [1.807, 2.05) is 0 Å². The lowest BCUT2D eigenvalue weighted by atomic mass is 9.74. The van der Waals surface area contributed by atoms with Gasteiger partial charge in [-0.15, -0.1) is 0 Å². The monoisotopic (exact) mass is 866 g/mol. The summed E-state index contributed by atoms with van der Waals surface area (Å²) in [5.74, 6) is 0. The van der Waals surface area contributed by atoms with Crippen LogP contribution in [0, 0.1) is 0 Å². The maximum Gasteiger partial charge on any atom is 0.0547 e. The third-order valence-electron chi connectivity index (χ3n) is 14.5. The van der Waals surface area contributed by atoms with Crippen LogP contribution in [-0.2, 0) is 5.41 Å². The second-order valence-corrected chi connectivity index (χ2v) is 18.1. The molecule has 0 amide bonds. The van der Waals surface area contributed by atoms with Crippen molar-refractivity contribution in [2.75, 3.05) is 4.90 Å². The Bertz CT molecular complexity index is 3840. The van der Waals surface area contributed by atoms with Gasteiger partial charge in [0.05, 0.1) is 16.7 Å². The Morgan fingerprint density at radius 2 is 0.897 bits per heavy atom. The molecule has 320 valence electrons. The Kier molecular flexibility index (Phi) is 9.33. The van der Waals surface area contributed by atoms with E-state index in [-0.39, 0.29) is 5.41 Å². The average Bonchev–Trinajstić information content (AvgIpc) is 3.89. The van der Waals surface area contributed by atoms with Crippen molar-refractivity contribution >= 4 is 49.6 Å². The molecule has 13 rings (SSSR count). The lowest BCUT2D eigenvalue weighted by Crippen LogP contribution is -2.22. The Hall–Kier alpha value is -8.72. The summed E-state index contributed by atoms with van der Waals surface area (Å²) < 4.78 is 2.40. The molecule has 1 atom stereocenters. The quantitative estimate of drug-likeness (QED) is 0.148. The predicted molar refractivity (Wildman–Crippen MR) is 287 cm³/mol. The number of rotatable bonds is 8. The van der Waals surface area contributed by atoms with Crippen LogP contribution in [0.15, 0.2) is 261 Å². The Morgan fingerprint density at radius 1 is 0.353 bits per heavy atom. The zero-order valence-corrected chi connectivity index (χ0v) is 37.7. The molecule has 11 aromatic carbocycles. The summed E-state index contributed by atoms with van der Waals surface area (Å²) in [5, 5.41) is 4.96. The average molecular weight is 867 g/mol. The Morgan fingerprint density at radius 3 is 1.68 bits per heavy atom. The molecule has 0 aliphatic heterocycles. The smallest absolute Gasteiger partial charge is 0.0547 e. The van der Waals surface area contributed by atoms with Gasteiger partial charge in [0, 0.05) is 38.8 Å². The fraction of sp³-hybridized carbons (Fsp3) is 0.0303. The zero-order valence-electron chi connectivity index (χ0n) is 37.7. The maximum atomic E-state index is 2.49. The van der Waals surface area contributed by atoms with Gasteiger partial charge in [-0.2, -0.15) is 0 Å². The van der Waals surface area contributed by atoms with Crippen molar-refractivity contribution in [2.24, 2.45) is 0 Å². The van der Waals surface area contributed by atoms with Crippen molar-refractivity contribution in [3.05, 3.63) is 278 Å². The van der Waals surface area contributed by atoms with Gasteiger partial charge in [0.2, 0.25) is 0 Å². The van der Waals surface area contributed by atoms with Gasteiger partial charge in [-0.05, 0) is 128 Å². The van der Waals surface area contributed by atoms with Crippen LogP contribution >= 0.6 is 0 Å². The van der Waals surface area contributed by atoms with Gasteiger partial charge >= 0.3 is 0 Å². The third-order valence-corrected chi connectivity index (χ3v) is 14.5. The van der Waals surface area contributed by atoms with Crippen molar-refractivity contribution in [2.45, 2.75) is 12.3 Å². The Balaban J connectivity index is 1.03. The van der Waals surface area contributed by atoms with E-state index in [1.165, 1.54) is 93.8 Å². The molecule has 0 bridgehead atoms. The minimum absolute atomic E-state index is 0.351. The minimum Gasteiger partial charge on any atom is -0.310 e.